The van der Waals surface area contributed by atoms with Crippen LogP contribution in [0, 0.1) is 0 Å². The summed E-state index contributed by atoms with van der Waals surface area (Å²) in [5.41, 5.74) is 2.26. The van der Waals surface area contributed by atoms with Crippen LogP contribution in [-0.2, 0) is 4.74 Å². The Morgan fingerprint density at radius 2 is 2.44 bits per heavy atom. The third-order valence-corrected chi connectivity index (χ3v) is 0.856. The van der Waals surface area contributed by atoms with Gasteiger partial charge < -0.3 is 4.74 Å². The van der Waals surface area contributed by atoms with E-state index < -0.39 is 6.09 Å². The molecule has 0 aliphatic carbocycles. The molecule has 4 nitrogen and oxygen atoms in total. The minimum Gasteiger partial charge on any atom is -0.449 e. The van der Waals surface area contributed by atoms with Crippen molar-refractivity contribution in [2.24, 2.45) is 0 Å². The molecule has 5 heteroatoms. The number of carbonyl (C=O) groups is 1. The molecule has 0 aliphatic heterocycles. The summed E-state index contributed by atoms with van der Waals surface area (Å²) in [4.78, 5) is 10.4. The Labute approximate surface area is 67.8 Å². The molecule has 0 spiro atoms. The maximum atomic E-state index is 10.4. The van der Waals surface area contributed by atoms with E-state index in [9.17, 15) is 4.79 Å². The van der Waals surface area contributed by atoms with Crippen LogP contribution in [-0.4, -0.2) is 12.7 Å². The van der Waals surface area contributed by atoms with Gasteiger partial charge in [0.1, 0.15) is 0 Å². The molecule has 0 aromatic rings. The van der Waals surface area contributed by atoms with Crippen LogP contribution in [0.15, 0.2) is 0 Å². The maximum absolute atomic E-state index is 10.4. The maximum Gasteiger partial charge on any atom is 0.422 e. The summed E-state index contributed by atoms with van der Waals surface area (Å²) in [6.45, 7) is 2.40. The van der Waals surface area contributed by atoms with Gasteiger partial charge in [-0.25, -0.2) is 10.2 Å². The molecule has 0 saturated carbocycles. The molecule has 0 radical (unpaired) electrons. The highest BCUT2D eigenvalue weighted by molar-refractivity contribution is 14.1. The van der Waals surface area contributed by atoms with E-state index in [0.717, 1.165) is 6.42 Å². The van der Waals surface area contributed by atoms with Crippen LogP contribution in [0.3, 0.4) is 0 Å². The van der Waals surface area contributed by atoms with Gasteiger partial charge in [0.25, 0.3) is 0 Å². The molecule has 9 heavy (non-hydrogen) atoms. The smallest absolute Gasteiger partial charge is 0.422 e. The minimum atomic E-state index is -0.439. The van der Waals surface area contributed by atoms with Crippen molar-refractivity contribution in [3.63, 3.8) is 0 Å². The Kier molecular flexibility index (Phi) is 6.06. The fourth-order valence-electron chi connectivity index (χ4n) is 0.269. The Morgan fingerprint density at radius 1 is 1.78 bits per heavy atom. The van der Waals surface area contributed by atoms with Crippen LogP contribution in [0.25, 0.3) is 0 Å². The van der Waals surface area contributed by atoms with E-state index in [4.69, 9.17) is 0 Å². The van der Waals surface area contributed by atoms with Crippen LogP contribution < -0.4 is 9.06 Å². The van der Waals surface area contributed by atoms with E-state index >= 15 is 0 Å². The SMILES string of the molecule is CCCOC(=O)NNI. The van der Waals surface area contributed by atoms with Crippen molar-refractivity contribution in [1.82, 2.24) is 9.06 Å². The van der Waals surface area contributed by atoms with Gasteiger partial charge in [0.05, 0.1) is 6.61 Å². The summed E-state index contributed by atoms with van der Waals surface area (Å²) in [5.74, 6) is 0. The summed E-state index contributed by atoms with van der Waals surface area (Å²) in [7, 11) is 0. The molecule has 1 amide bonds. The predicted octanol–water partition coefficient (Wildman–Crippen LogP) is 0.977. The Hall–Kier alpha value is -0.0400. The van der Waals surface area contributed by atoms with Gasteiger partial charge in [-0.3, -0.25) is 0 Å². The molecule has 0 heterocycles. The first kappa shape index (κ1) is 8.96. The highest BCUT2D eigenvalue weighted by atomic mass is 127. The fraction of sp³-hybridized carbons (Fsp3) is 0.750. The standard InChI is InChI=1S/C4H9IN2O2/c1-2-3-9-4(8)6-7-5/h7H,2-3H2,1H3,(H,6,8). The number of ether oxygens (including phenoxy) is 1. The van der Waals surface area contributed by atoms with E-state index in [0.29, 0.717) is 6.61 Å². The first-order chi connectivity index (χ1) is 4.31. The zero-order chi connectivity index (χ0) is 7.11. The molecule has 0 unspecified atom stereocenters. The number of hydrazine groups is 1. The van der Waals surface area contributed by atoms with Crippen molar-refractivity contribution in [3.05, 3.63) is 0 Å². The third-order valence-electron chi connectivity index (χ3n) is 0.587. The Bertz CT molecular complexity index is 88.6. The first-order valence-electron chi connectivity index (χ1n) is 2.59. The number of hydrogen-bond donors (Lipinski definition) is 2. The predicted molar refractivity (Wildman–Crippen MR) is 41.9 cm³/mol. The number of rotatable bonds is 3. The molecule has 0 saturated heterocycles. The molecule has 0 bridgehead atoms. The third kappa shape index (κ3) is 5.84. The lowest BCUT2D eigenvalue weighted by Gasteiger charge is -2.01. The van der Waals surface area contributed by atoms with E-state index in [-0.39, 0.29) is 0 Å². The molecular formula is C4H9IN2O2. The topological polar surface area (TPSA) is 50.4 Å². The number of nitrogens with one attached hydrogen (secondary N) is 2. The van der Waals surface area contributed by atoms with Crippen LogP contribution in [0.2, 0.25) is 0 Å². The lowest BCUT2D eigenvalue weighted by atomic mass is 10.5. The Balaban J connectivity index is 3.06. The summed E-state index contributed by atoms with van der Waals surface area (Å²) in [6, 6.07) is 0. The van der Waals surface area contributed by atoms with E-state index in [2.05, 4.69) is 13.8 Å². The summed E-state index contributed by atoms with van der Waals surface area (Å²) >= 11 is 1.79. The van der Waals surface area contributed by atoms with Gasteiger partial charge in [-0.1, -0.05) is 6.92 Å². The summed E-state index contributed by atoms with van der Waals surface area (Å²) in [6.07, 6.45) is 0.403. The molecule has 0 fully saturated rings. The largest absolute Gasteiger partial charge is 0.449 e. The van der Waals surface area contributed by atoms with Gasteiger partial charge >= 0.3 is 6.09 Å². The second-order valence-electron chi connectivity index (χ2n) is 1.36. The second kappa shape index (κ2) is 6.09. The summed E-state index contributed by atoms with van der Waals surface area (Å²) in [5, 5.41) is 0. The zero-order valence-electron chi connectivity index (χ0n) is 5.11. The average Bonchev–Trinajstić information content (AvgIpc) is 1.85. The van der Waals surface area contributed by atoms with E-state index in [1.165, 1.54) is 0 Å². The summed E-state index contributed by atoms with van der Waals surface area (Å²) < 4.78 is 7.04. The fourth-order valence-corrected chi connectivity index (χ4v) is 0.490. The lowest BCUT2D eigenvalue weighted by Crippen LogP contribution is -2.30. The highest BCUT2D eigenvalue weighted by Crippen LogP contribution is 1.80. The van der Waals surface area contributed by atoms with Crippen LogP contribution in [0.5, 0.6) is 0 Å². The van der Waals surface area contributed by atoms with Crippen molar-refractivity contribution in [1.29, 1.82) is 0 Å². The van der Waals surface area contributed by atoms with Crippen molar-refractivity contribution in [3.8, 4) is 0 Å². The van der Waals surface area contributed by atoms with E-state index in [1.54, 1.807) is 22.9 Å². The van der Waals surface area contributed by atoms with E-state index in [1.807, 2.05) is 6.92 Å². The average molecular weight is 244 g/mol. The van der Waals surface area contributed by atoms with Crippen molar-refractivity contribution >= 4 is 29.0 Å². The lowest BCUT2D eigenvalue weighted by molar-refractivity contribution is 0.145. The number of halogens is 1. The van der Waals surface area contributed by atoms with Crippen LogP contribution in [0.1, 0.15) is 13.3 Å². The van der Waals surface area contributed by atoms with Gasteiger partial charge in [0.15, 0.2) is 0 Å². The minimum absolute atomic E-state index is 0.439. The first-order valence-corrected chi connectivity index (χ1v) is 3.67. The quantitative estimate of drug-likeness (QED) is 0.442. The van der Waals surface area contributed by atoms with Crippen LogP contribution >= 0.6 is 22.9 Å². The highest BCUT2D eigenvalue weighted by Gasteiger charge is 1.95. The molecule has 2 N–H and O–H groups in total. The van der Waals surface area contributed by atoms with Crippen molar-refractivity contribution in [2.45, 2.75) is 13.3 Å². The van der Waals surface area contributed by atoms with Gasteiger partial charge in [0.2, 0.25) is 0 Å². The van der Waals surface area contributed by atoms with Gasteiger partial charge in [-0.2, -0.15) is 3.64 Å². The Morgan fingerprint density at radius 3 is 2.89 bits per heavy atom. The van der Waals surface area contributed by atoms with Crippen LogP contribution in [0.4, 0.5) is 4.79 Å². The number of hydrogen-bond acceptors (Lipinski definition) is 3. The number of carbonyl (C=O) groups excluding carboxylic acids is 1. The molecule has 0 aliphatic rings. The molecular weight excluding hydrogens is 235 g/mol. The normalized spacial score (nSPS) is 8.67. The molecule has 0 rings (SSSR count). The molecule has 0 aromatic carbocycles. The van der Waals surface area contributed by atoms with Crippen molar-refractivity contribution < 1.29 is 9.53 Å². The molecule has 0 atom stereocenters. The zero-order valence-corrected chi connectivity index (χ0v) is 7.27. The van der Waals surface area contributed by atoms with Gasteiger partial charge in [-0.15, -0.1) is 0 Å². The van der Waals surface area contributed by atoms with Crippen molar-refractivity contribution in [2.75, 3.05) is 6.61 Å². The molecule has 54 valence electrons. The van der Waals surface area contributed by atoms with Gasteiger partial charge in [-0.05, 0) is 6.42 Å². The second-order valence-corrected chi connectivity index (χ2v) is 1.89. The monoisotopic (exact) mass is 244 g/mol. The number of amides is 1. The van der Waals surface area contributed by atoms with Gasteiger partial charge in [0, 0.05) is 22.9 Å². The molecule has 0 aromatic heterocycles.